The van der Waals surface area contributed by atoms with Crippen molar-refractivity contribution in [2.24, 2.45) is 5.92 Å². The van der Waals surface area contributed by atoms with Crippen LogP contribution in [0.3, 0.4) is 0 Å². The van der Waals surface area contributed by atoms with Gasteiger partial charge in [0.05, 0.1) is 24.7 Å². The Kier molecular flexibility index (Phi) is 5.30. The summed E-state index contributed by atoms with van der Waals surface area (Å²) >= 11 is 0. The lowest BCUT2D eigenvalue weighted by molar-refractivity contribution is -0.143. The molecule has 0 aromatic carbocycles. The van der Waals surface area contributed by atoms with E-state index in [1.165, 1.54) is 4.31 Å². The van der Waals surface area contributed by atoms with Crippen LogP contribution in [0.1, 0.15) is 26.7 Å². The molecule has 1 heterocycles. The summed E-state index contributed by atoms with van der Waals surface area (Å²) in [6, 6.07) is -0.579. The second kappa shape index (κ2) is 6.33. The molecule has 0 aliphatic carbocycles. The van der Waals surface area contributed by atoms with Gasteiger partial charge < -0.3 is 9.84 Å². The molecule has 2 atom stereocenters. The fourth-order valence-electron chi connectivity index (χ4n) is 2.20. The molecule has 7 nitrogen and oxygen atoms in total. The van der Waals surface area contributed by atoms with Crippen molar-refractivity contribution in [1.29, 1.82) is 0 Å². The van der Waals surface area contributed by atoms with Gasteiger partial charge in [-0.2, -0.15) is 4.31 Å². The number of ether oxygens (including phenoxy) is 1. The molecule has 0 radical (unpaired) electrons. The summed E-state index contributed by atoms with van der Waals surface area (Å²) in [5.41, 5.74) is 0. The van der Waals surface area contributed by atoms with Gasteiger partial charge in [-0.1, -0.05) is 0 Å². The quantitative estimate of drug-likeness (QED) is 0.695. The minimum atomic E-state index is -3.62. The molecule has 1 aliphatic heterocycles. The highest BCUT2D eigenvalue weighted by Gasteiger charge is 2.41. The van der Waals surface area contributed by atoms with Crippen LogP contribution in [0.5, 0.6) is 0 Å². The number of carboxylic acids is 1. The number of carbonyl (C=O) groups is 2. The summed E-state index contributed by atoms with van der Waals surface area (Å²) in [5, 5.41) is 8.96. The molecule has 1 rings (SSSR count). The molecule has 0 spiro atoms. The summed E-state index contributed by atoms with van der Waals surface area (Å²) in [7, 11) is -3.62. The van der Waals surface area contributed by atoms with E-state index in [1.54, 1.807) is 13.8 Å². The molecule has 1 aliphatic rings. The van der Waals surface area contributed by atoms with Crippen LogP contribution >= 0.6 is 0 Å². The Bertz CT molecular complexity index is 446. The zero-order valence-electron chi connectivity index (χ0n) is 11.0. The van der Waals surface area contributed by atoms with Crippen LogP contribution < -0.4 is 0 Å². The molecule has 19 heavy (non-hydrogen) atoms. The maximum Gasteiger partial charge on any atom is 0.308 e. The topological polar surface area (TPSA) is 101 Å². The Hall–Kier alpha value is -1.15. The van der Waals surface area contributed by atoms with Gasteiger partial charge in [0, 0.05) is 12.6 Å². The molecule has 1 fully saturated rings. The lowest BCUT2D eigenvalue weighted by atomic mass is 10.0. The van der Waals surface area contributed by atoms with Crippen LogP contribution in [-0.2, 0) is 24.3 Å². The number of carboxylic acid groups (broad SMARTS) is 1. The van der Waals surface area contributed by atoms with Gasteiger partial charge in [0.25, 0.3) is 0 Å². The van der Waals surface area contributed by atoms with E-state index in [2.05, 4.69) is 4.74 Å². The summed E-state index contributed by atoms with van der Waals surface area (Å²) in [4.78, 5) is 22.1. The average Bonchev–Trinajstić information content (AvgIpc) is 2.70. The van der Waals surface area contributed by atoms with E-state index in [4.69, 9.17) is 5.11 Å². The largest absolute Gasteiger partial charge is 0.481 e. The first-order valence-corrected chi connectivity index (χ1v) is 7.78. The second-order valence-electron chi connectivity index (χ2n) is 4.46. The van der Waals surface area contributed by atoms with Crippen LogP contribution in [0, 0.1) is 5.92 Å². The van der Waals surface area contributed by atoms with E-state index in [-0.39, 0.29) is 25.3 Å². The Labute approximate surface area is 112 Å². The average molecular weight is 293 g/mol. The SMILES string of the molecule is CCOC(=O)CCS(=O)(=O)N1CCC(C(=O)O)C1C. The van der Waals surface area contributed by atoms with E-state index in [0.717, 1.165) is 0 Å². The standard InChI is InChI=1S/C11H19NO6S/c1-3-18-10(13)5-7-19(16,17)12-6-4-9(8(12)2)11(14)15/h8-9H,3-7H2,1-2H3,(H,14,15). The van der Waals surface area contributed by atoms with Crippen LogP contribution in [0.15, 0.2) is 0 Å². The van der Waals surface area contributed by atoms with Gasteiger partial charge in [0.15, 0.2) is 0 Å². The van der Waals surface area contributed by atoms with Gasteiger partial charge in [0.1, 0.15) is 0 Å². The Morgan fingerprint density at radius 3 is 2.53 bits per heavy atom. The zero-order valence-corrected chi connectivity index (χ0v) is 11.9. The highest BCUT2D eigenvalue weighted by atomic mass is 32.2. The monoisotopic (exact) mass is 293 g/mol. The lowest BCUT2D eigenvalue weighted by Crippen LogP contribution is -2.39. The molecule has 0 saturated carbocycles. The third kappa shape index (κ3) is 3.90. The van der Waals surface area contributed by atoms with Crippen molar-refractivity contribution < 1.29 is 27.9 Å². The maximum absolute atomic E-state index is 12.0. The molecular weight excluding hydrogens is 274 g/mol. The molecular formula is C11H19NO6S. The molecule has 0 bridgehead atoms. The number of carbonyl (C=O) groups excluding carboxylic acids is 1. The fraction of sp³-hybridized carbons (Fsp3) is 0.818. The number of rotatable bonds is 6. The highest BCUT2D eigenvalue weighted by Crippen LogP contribution is 2.27. The Balaban J connectivity index is 2.64. The van der Waals surface area contributed by atoms with Crippen LogP contribution in [0.25, 0.3) is 0 Å². The van der Waals surface area contributed by atoms with Crippen molar-refractivity contribution in [2.45, 2.75) is 32.7 Å². The first kappa shape index (κ1) is 15.9. The number of hydrogen-bond acceptors (Lipinski definition) is 5. The minimum Gasteiger partial charge on any atom is -0.481 e. The number of esters is 1. The van der Waals surface area contributed by atoms with Gasteiger partial charge >= 0.3 is 11.9 Å². The molecule has 1 saturated heterocycles. The zero-order chi connectivity index (χ0) is 14.6. The predicted octanol–water partition coefficient (Wildman–Crippen LogP) is 0.0644. The second-order valence-corrected chi connectivity index (χ2v) is 6.50. The van der Waals surface area contributed by atoms with E-state index >= 15 is 0 Å². The molecule has 8 heteroatoms. The van der Waals surface area contributed by atoms with Gasteiger partial charge in [-0.15, -0.1) is 0 Å². The smallest absolute Gasteiger partial charge is 0.308 e. The van der Waals surface area contributed by atoms with Crippen LogP contribution in [0.4, 0.5) is 0 Å². The minimum absolute atomic E-state index is 0.184. The van der Waals surface area contributed by atoms with Crippen LogP contribution in [0.2, 0.25) is 0 Å². The highest BCUT2D eigenvalue weighted by molar-refractivity contribution is 7.89. The normalized spacial score (nSPS) is 24.3. The van der Waals surface area contributed by atoms with Gasteiger partial charge in [-0.25, -0.2) is 8.42 Å². The van der Waals surface area contributed by atoms with Crippen molar-refractivity contribution in [3.8, 4) is 0 Å². The Morgan fingerprint density at radius 1 is 1.42 bits per heavy atom. The molecule has 0 aromatic heterocycles. The van der Waals surface area contributed by atoms with E-state index in [9.17, 15) is 18.0 Å². The van der Waals surface area contributed by atoms with E-state index in [0.29, 0.717) is 6.42 Å². The lowest BCUT2D eigenvalue weighted by Gasteiger charge is -2.22. The van der Waals surface area contributed by atoms with E-state index in [1.807, 2.05) is 0 Å². The summed E-state index contributed by atoms with van der Waals surface area (Å²) < 4.78 is 29.9. The first-order chi connectivity index (χ1) is 8.79. The van der Waals surface area contributed by atoms with Crippen molar-refractivity contribution in [3.63, 3.8) is 0 Å². The molecule has 2 unspecified atom stereocenters. The fourth-order valence-corrected chi connectivity index (χ4v) is 3.89. The number of sulfonamides is 1. The van der Waals surface area contributed by atoms with Crippen molar-refractivity contribution in [1.82, 2.24) is 4.31 Å². The number of aliphatic carboxylic acids is 1. The third-order valence-electron chi connectivity index (χ3n) is 3.24. The first-order valence-electron chi connectivity index (χ1n) is 6.17. The summed E-state index contributed by atoms with van der Waals surface area (Å²) in [6.07, 6.45) is 0.0896. The van der Waals surface area contributed by atoms with Gasteiger partial charge in [0.2, 0.25) is 10.0 Å². The summed E-state index contributed by atoms with van der Waals surface area (Å²) in [6.45, 7) is 3.61. The third-order valence-corrected chi connectivity index (χ3v) is 5.19. The number of nitrogens with zero attached hydrogens (tertiary/aromatic N) is 1. The van der Waals surface area contributed by atoms with Crippen LogP contribution in [-0.4, -0.2) is 54.7 Å². The van der Waals surface area contributed by atoms with E-state index < -0.39 is 33.9 Å². The molecule has 0 aromatic rings. The van der Waals surface area contributed by atoms with Crippen molar-refractivity contribution in [3.05, 3.63) is 0 Å². The van der Waals surface area contributed by atoms with Gasteiger partial charge in [-0.3, -0.25) is 9.59 Å². The van der Waals surface area contributed by atoms with Crippen molar-refractivity contribution >= 4 is 22.0 Å². The molecule has 110 valence electrons. The van der Waals surface area contributed by atoms with Crippen molar-refractivity contribution in [2.75, 3.05) is 18.9 Å². The Morgan fingerprint density at radius 2 is 2.05 bits per heavy atom. The molecule has 1 N–H and O–H groups in total. The van der Waals surface area contributed by atoms with Gasteiger partial charge in [-0.05, 0) is 20.3 Å². The molecule has 0 amide bonds. The summed E-state index contributed by atoms with van der Waals surface area (Å²) in [5.74, 6) is -2.58. The predicted molar refractivity (Wildman–Crippen MR) is 66.9 cm³/mol. The number of hydrogen-bond donors (Lipinski definition) is 1. The maximum atomic E-state index is 12.0.